The number of ether oxygens (including phenoxy) is 2. The molecule has 0 saturated heterocycles. The molecule has 0 radical (unpaired) electrons. The van der Waals surface area contributed by atoms with E-state index in [9.17, 15) is 14.9 Å². The van der Waals surface area contributed by atoms with Gasteiger partial charge in [0, 0.05) is 0 Å². The highest BCUT2D eigenvalue weighted by Crippen LogP contribution is 2.31. The Bertz CT molecular complexity index is 1220. The predicted octanol–water partition coefficient (Wildman–Crippen LogP) is 5.12. The number of hydrogen-bond acceptors (Lipinski definition) is 5. The molecule has 7 heteroatoms. The van der Waals surface area contributed by atoms with Crippen LogP contribution in [0.25, 0.3) is 11.6 Å². The van der Waals surface area contributed by atoms with Crippen molar-refractivity contribution in [1.29, 1.82) is 5.26 Å². The second-order valence-corrected chi connectivity index (χ2v) is 6.98. The lowest BCUT2D eigenvalue weighted by molar-refractivity contribution is 0.0686. The molecular weight excluding hydrogens is 422 g/mol. The first kappa shape index (κ1) is 23.1. The average Bonchev–Trinajstić information content (AvgIpc) is 2.82. The summed E-state index contributed by atoms with van der Waals surface area (Å²) in [5, 5.41) is 27.6. The minimum Gasteiger partial charge on any atom is -0.490 e. The molecule has 0 spiro atoms. The largest absolute Gasteiger partial charge is 0.490 e. The molecule has 33 heavy (non-hydrogen) atoms. The highest BCUT2D eigenvalue weighted by molar-refractivity contribution is 5.92. The molecule has 0 fully saturated rings. The number of aromatic carboxylic acids is 2. The monoisotopic (exact) mass is 443 g/mol. The van der Waals surface area contributed by atoms with E-state index in [0.717, 1.165) is 11.1 Å². The molecule has 0 heterocycles. The van der Waals surface area contributed by atoms with Crippen LogP contribution in [0.3, 0.4) is 0 Å². The van der Waals surface area contributed by atoms with Gasteiger partial charge in [-0.15, -0.1) is 0 Å². The number of carboxylic acids is 2. The third-order valence-electron chi connectivity index (χ3n) is 4.74. The van der Waals surface area contributed by atoms with Gasteiger partial charge in [0.1, 0.15) is 6.61 Å². The fourth-order valence-electron chi connectivity index (χ4n) is 3.05. The molecule has 0 aliphatic carbocycles. The number of carbonyl (C=O) groups is 2. The van der Waals surface area contributed by atoms with Crippen LogP contribution in [-0.4, -0.2) is 28.8 Å². The second-order valence-electron chi connectivity index (χ2n) is 6.98. The van der Waals surface area contributed by atoms with Crippen molar-refractivity contribution in [2.75, 3.05) is 6.61 Å². The van der Waals surface area contributed by atoms with E-state index in [-0.39, 0.29) is 17.7 Å². The van der Waals surface area contributed by atoms with Gasteiger partial charge in [0.05, 0.1) is 29.4 Å². The van der Waals surface area contributed by atoms with E-state index in [0.29, 0.717) is 29.2 Å². The Hall–Kier alpha value is -4.57. The Labute approximate surface area is 190 Å². The Balaban J connectivity index is 1.81. The second kappa shape index (κ2) is 10.6. The van der Waals surface area contributed by atoms with Gasteiger partial charge in [-0.05, 0) is 66.1 Å². The number of benzene rings is 3. The van der Waals surface area contributed by atoms with Crippen molar-refractivity contribution in [1.82, 2.24) is 0 Å². The molecule has 0 saturated carbocycles. The number of nitriles is 1. The third-order valence-corrected chi connectivity index (χ3v) is 4.74. The van der Waals surface area contributed by atoms with Gasteiger partial charge in [0.25, 0.3) is 0 Å². The topological polar surface area (TPSA) is 117 Å². The van der Waals surface area contributed by atoms with Crippen molar-refractivity contribution < 1.29 is 29.3 Å². The lowest BCUT2D eigenvalue weighted by Crippen LogP contribution is -2.01. The van der Waals surface area contributed by atoms with Crippen LogP contribution in [0.15, 0.2) is 66.7 Å². The van der Waals surface area contributed by atoms with E-state index < -0.39 is 11.9 Å². The van der Waals surface area contributed by atoms with Gasteiger partial charge in [-0.2, -0.15) is 5.26 Å². The van der Waals surface area contributed by atoms with Gasteiger partial charge in [-0.25, -0.2) is 9.59 Å². The fourth-order valence-corrected chi connectivity index (χ4v) is 3.05. The molecule has 0 bridgehead atoms. The summed E-state index contributed by atoms with van der Waals surface area (Å²) in [6.07, 6.45) is 1.69. The number of rotatable bonds is 9. The van der Waals surface area contributed by atoms with Crippen LogP contribution in [-0.2, 0) is 6.61 Å². The first-order valence-corrected chi connectivity index (χ1v) is 10.1. The summed E-state index contributed by atoms with van der Waals surface area (Å²) < 4.78 is 11.6. The third kappa shape index (κ3) is 5.99. The summed E-state index contributed by atoms with van der Waals surface area (Å²) in [5.41, 5.74) is 2.86. The zero-order valence-corrected chi connectivity index (χ0v) is 17.8. The molecule has 3 aromatic rings. The standard InChI is InChI=1S/C26H21NO6/c1-2-32-24-14-18(13-22(15-27)19-8-10-21(11-9-19)26(30)31)5-12-23(24)33-16-17-3-6-20(7-4-17)25(28)29/h3-14H,2,16H2,1H3,(H,28,29)(H,30,31)/b22-13-. The maximum atomic E-state index is 11.0. The zero-order valence-electron chi connectivity index (χ0n) is 17.8. The number of hydrogen-bond donors (Lipinski definition) is 2. The van der Waals surface area contributed by atoms with E-state index in [1.807, 2.05) is 6.92 Å². The van der Waals surface area contributed by atoms with Crippen LogP contribution in [0.5, 0.6) is 11.5 Å². The molecule has 2 N–H and O–H groups in total. The van der Waals surface area contributed by atoms with E-state index in [2.05, 4.69) is 6.07 Å². The number of allylic oxidation sites excluding steroid dienone is 1. The highest BCUT2D eigenvalue weighted by Gasteiger charge is 2.10. The summed E-state index contributed by atoms with van der Waals surface area (Å²) in [5.74, 6) is -0.995. The van der Waals surface area contributed by atoms with E-state index in [1.54, 1.807) is 48.5 Å². The first-order chi connectivity index (χ1) is 15.9. The molecule has 0 atom stereocenters. The normalized spacial score (nSPS) is 10.8. The summed E-state index contributed by atoms with van der Waals surface area (Å²) >= 11 is 0. The predicted molar refractivity (Wildman–Crippen MR) is 122 cm³/mol. The average molecular weight is 443 g/mol. The molecule has 3 rings (SSSR count). The first-order valence-electron chi connectivity index (χ1n) is 10.1. The number of nitrogens with zero attached hydrogens (tertiary/aromatic N) is 1. The van der Waals surface area contributed by atoms with Crippen LogP contribution in [0.4, 0.5) is 0 Å². The van der Waals surface area contributed by atoms with E-state index in [4.69, 9.17) is 19.7 Å². The zero-order chi connectivity index (χ0) is 23.8. The quantitative estimate of drug-likeness (QED) is 0.348. The van der Waals surface area contributed by atoms with Crippen molar-refractivity contribution in [3.05, 3.63) is 94.5 Å². The van der Waals surface area contributed by atoms with E-state index in [1.165, 1.54) is 24.3 Å². The van der Waals surface area contributed by atoms with Crippen LogP contribution in [0.2, 0.25) is 0 Å². The van der Waals surface area contributed by atoms with Crippen LogP contribution >= 0.6 is 0 Å². The molecular formula is C26H21NO6. The summed E-state index contributed by atoms with van der Waals surface area (Å²) in [4.78, 5) is 22.0. The molecule has 166 valence electrons. The highest BCUT2D eigenvalue weighted by atomic mass is 16.5. The van der Waals surface area contributed by atoms with Gasteiger partial charge in [-0.3, -0.25) is 0 Å². The van der Waals surface area contributed by atoms with Gasteiger partial charge in [0.15, 0.2) is 11.5 Å². The van der Waals surface area contributed by atoms with Gasteiger partial charge in [-0.1, -0.05) is 30.3 Å². The lowest BCUT2D eigenvalue weighted by Gasteiger charge is -2.13. The lowest BCUT2D eigenvalue weighted by atomic mass is 10.0. The van der Waals surface area contributed by atoms with Crippen molar-refractivity contribution in [3.63, 3.8) is 0 Å². The summed E-state index contributed by atoms with van der Waals surface area (Å²) in [7, 11) is 0. The minimum absolute atomic E-state index is 0.147. The smallest absolute Gasteiger partial charge is 0.335 e. The van der Waals surface area contributed by atoms with Crippen LogP contribution < -0.4 is 9.47 Å². The van der Waals surface area contributed by atoms with Crippen LogP contribution in [0.1, 0.15) is 44.3 Å². The summed E-state index contributed by atoms with van der Waals surface area (Å²) in [6, 6.07) is 19.9. The summed E-state index contributed by atoms with van der Waals surface area (Å²) in [6.45, 7) is 2.49. The van der Waals surface area contributed by atoms with Crippen molar-refractivity contribution >= 4 is 23.6 Å². The molecule has 7 nitrogen and oxygen atoms in total. The van der Waals surface area contributed by atoms with Gasteiger partial charge < -0.3 is 19.7 Å². The van der Waals surface area contributed by atoms with Crippen molar-refractivity contribution in [2.45, 2.75) is 13.5 Å². The van der Waals surface area contributed by atoms with Crippen LogP contribution in [0, 0.1) is 11.3 Å². The van der Waals surface area contributed by atoms with Gasteiger partial charge >= 0.3 is 11.9 Å². The maximum Gasteiger partial charge on any atom is 0.335 e. The Morgan fingerprint density at radius 2 is 1.42 bits per heavy atom. The molecule has 0 aliphatic rings. The van der Waals surface area contributed by atoms with E-state index >= 15 is 0 Å². The Morgan fingerprint density at radius 1 is 0.848 bits per heavy atom. The van der Waals surface area contributed by atoms with Gasteiger partial charge in [0.2, 0.25) is 0 Å². The Kier molecular flexibility index (Phi) is 7.45. The molecule has 3 aromatic carbocycles. The molecule has 0 unspecified atom stereocenters. The minimum atomic E-state index is -1.03. The molecule has 0 aliphatic heterocycles. The number of carboxylic acid groups (broad SMARTS) is 2. The molecule has 0 aromatic heterocycles. The van der Waals surface area contributed by atoms with Crippen molar-refractivity contribution in [3.8, 4) is 17.6 Å². The fraction of sp³-hybridized carbons (Fsp3) is 0.115. The van der Waals surface area contributed by atoms with Crippen molar-refractivity contribution in [2.24, 2.45) is 0 Å². The SMILES string of the molecule is CCOc1cc(/C=C(/C#N)c2ccc(C(=O)O)cc2)ccc1OCc1ccc(C(=O)O)cc1. The maximum absolute atomic E-state index is 11.0. The Morgan fingerprint density at radius 3 is 1.97 bits per heavy atom. The molecule has 0 amide bonds.